The van der Waals surface area contributed by atoms with E-state index in [1.807, 2.05) is 37.3 Å². The van der Waals surface area contributed by atoms with Gasteiger partial charge in [0.2, 0.25) is 0 Å². The van der Waals surface area contributed by atoms with Crippen molar-refractivity contribution in [2.45, 2.75) is 6.92 Å². The van der Waals surface area contributed by atoms with Crippen molar-refractivity contribution in [2.24, 2.45) is 0 Å². The van der Waals surface area contributed by atoms with Crippen molar-refractivity contribution in [3.05, 3.63) is 59.2 Å². The first-order valence-electron chi connectivity index (χ1n) is 5.97. The van der Waals surface area contributed by atoms with E-state index in [2.05, 4.69) is 0 Å². The van der Waals surface area contributed by atoms with Crippen molar-refractivity contribution in [2.75, 3.05) is 0 Å². The number of hydrogen-bond acceptors (Lipinski definition) is 3. The lowest BCUT2D eigenvalue weighted by Gasteiger charge is -2.12. The van der Waals surface area contributed by atoms with Crippen molar-refractivity contribution in [1.82, 2.24) is 5.48 Å². The van der Waals surface area contributed by atoms with Gasteiger partial charge < -0.3 is 5.11 Å². The topological polar surface area (TPSA) is 93.4 Å². The van der Waals surface area contributed by atoms with E-state index in [1.165, 1.54) is 6.07 Å². The SMILES string of the molecule is Cc1cc(C(=O)O)c(C(=N)NO)cc1-c1ccccc1. The van der Waals surface area contributed by atoms with Crippen molar-refractivity contribution in [3.63, 3.8) is 0 Å². The lowest BCUT2D eigenvalue weighted by molar-refractivity contribution is 0.0696. The predicted molar refractivity (Wildman–Crippen MR) is 75.3 cm³/mol. The maximum atomic E-state index is 11.2. The number of hydrogen-bond donors (Lipinski definition) is 4. The molecule has 0 heterocycles. The Labute approximate surface area is 116 Å². The van der Waals surface area contributed by atoms with Crippen molar-refractivity contribution in [1.29, 1.82) is 5.41 Å². The molecule has 0 fully saturated rings. The van der Waals surface area contributed by atoms with Crippen molar-refractivity contribution in [3.8, 4) is 11.1 Å². The Balaban J connectivity index is 2.67. The van der Waals surface area contributed by atoms with E-state index in [9.17, 15) is 9.90 Å². The number of aryl methyl sites for hydroxylation is 1. The standard InChI is InChI=1S/C15H14N2O3/c1-9-7-13(15(18)19)12(14(16)17-20)8-11(9)10-5-3-2-4-6-10/h2-8,20H,1H3,(H2,16,17)(H,18,19). The molecule has 0 aliphatic heterocycles. The molecule has 0 aliphatic rings. The summed E-state index contributed by atoms with van der Waals surface area (Å²) < 4.78 is 0. The Morgan fingerprint density at radius 1 is 1.15 bits per heavy atom. The Morgan fingerprint density at radius 2 is 1.80 bits per heavy atom. The number of carboxylic acids is 1. The van der Waals surface area contributed by atoms with E-state index in [-0.39, 0.29) is 17.0 Å². The molecule has 0 atom stereocenters. The van der Waals surface area contributed by atoms with Gasteiger partial charge in [0.25, 0.3) is 0 Å². The van der Waals surface area contributed by atoms with Crippen LogP contribution in [0.4, 0.5) is 0 Å². The zero-order valence-corrected chi connectivity index (χ0v) is 10.8. The minimum Gasteiger partial charge on any atom is -0.478 e. The lowest BCUT2D eigenvalue weighted by atomic mass is 9.94. The number of amidine groups is 1. The molecule has 2 aromatic rings. The summed E-state index contributed by atoms with van der Waals surface area (Å²) in [5, 5.41) is 25.7. The van der Waals surface area contributed by atoms with Crippen LogP contribution in [-0.2, 0) is 0 Å². The number of rotatable bonds is 3. The molecule has 0 unspecified atom stereocenters. The molecule has 2 aromatic carbocycles. The molecular weight excluding hydrogens is 256 g/mol. The van der Waals surface area contributed by atoms with Crippen molar-refractivity contribution < 1.29 is 15.1 Å². The smallest absolute Gasteiger partial charge is 0.336 e. The highest BCUT2D eigenvalue weighted by molar-refractivity contribution is 6.06. The first kappa shape index (κ1) is 13.8. The highest BCUT2D eigenvalue weighted by Gasteiger charge is 2.17. The Hall–Kier alpha value is -2.66. The second kappa shape index (κ2) is 5.54. The molecule has 5 heteroatoms. The number of hydroxylamine groups is 1. The number of carbonyl (C=O) groups is 1. The van der Waals surface area contributed by atoms with Gasteiger partial charge in [0.1, 0.15) is 5.84 Å². The highest BCUT2D eigenvalue weighted by atomic mass is 16.5. The first-order valence-corrected chi connectivity index (χ1v) is 5.97. The minimum absolute atomic E-state index is 0.0197. The van der Waals surface area contributed by atoms with E-state index in [0.29, 0.717) is 0 Å². The Kier molecular flexibility index (Phi) is 3.81. The molecule has 0 saturated heterocycles. The highest BCUT2D eigenvalue weighted by Crippen LogP contribution is 2.26. The molecule has 5 nitrogen and oxygen atoms in total. The number of carboxylic acid groups (broad SMARTS) is 1. The molecule has 0 spiro atoms. The Morgan fingerprint density at radius 3 is 2.35 bits per heavy atom. The fourth-order valence-electron chi connectivity index (χ4n) is 2.08. The molecule has 20 heavy (non-hydrogen) atoms. The third-order valence-electron chi connectivity index (χ3n) is 3.06. The van der Waals surface area contributed by atoms with Crippen LogP contribution in [0.15, 0.2) is 42.5 Å². The quantitative estimate of drug-likeness (QED) is 0.392. The van der Waals surface area contributed by atoms with Crippen LogP contribution in [0.25, 0.3) is 11.1 Å². The summed E-state index contributed by atoms with van der Waals surface area (Å²) in [4.78, 5) is 11.2. The summed E-state index contributed by atoms with van der Waals surface area (Å²) in [5.74, 6) is -1.48. The van der Waals surface area contributed by atoms with Gasteiger partial charge in [0, 0.05) is 5.56 Å². The van der Waals surface area contributed by atoms with Crippen LogP contribution < -0.4 is 5.48 Å². The zero-order chi connectivity index (χ0) is 14.7. The van der Waals surface area contributed by atoms with Gasteiger partial charge in [-0.05, 0) is 35.7 Å². The fraction of sp³-hybridized carbons (Fsp3) is 0.0667. The van der Waals surface area contributed by atoms with Gasteiger partial charge in [0.15, 0.2) is 0 Å². The van der Waals surface area contributed by atoms with E-state index in [1.54, 1.807) is 11.5 Å². The zero-order valence-electron chi connectivity index (χ0n) is 10.8. The second-order valence-corrected chi connectivity index (χ2v) is 4.37. The van der Waals surface area contributed by atoms with Crippen LogP contribution in [0.5, 0.6) is 0 Å². The summed E-state index contributed by atoms with van der Waals surface area (Å²) in [5.41, 5.74) is 4.36. The van der Waals surface area contributed by atoms with E-state index in [0.717, 1.165) is 16.7 Å². The first-order chi connectivity index (χ1) is 9.54. The normalized spacial score (nSPS) is 10.1. The average molecular weight is 270 g/mol. The molecule has 4 N–H and O–H groups in total. The van der Waals surface area contributed by atoms with Gasteiger partial charge in [-0.2, -0.15) is 0 Å². The summed E-state index contributed by atoms with van der Waals surface area (Å²) in [6.07, 6.45) is 0. The molecule has 0 radical (unpaired) electrons. The third kappa shape index (κ3) is 2.53. The van der Waals surface area contributed by atoms with Gasteiger partial charge in [-0.1, -0.05) is 30.3 Å². The number of aromatic carboxylic acids is 1. The molecule has 102 valence electrons. The fourth-order valence-corrected chi connectivity index (χ4v) is 2.08. The lowest BCUT2D eigenvalue weighted by Crippen LogP contribution is -2.22. The van der Waals surface area contributed by atoms with Crippen LogP contribution in [0, 0.1) is 12.3 Å². The predicted octanol–water partition coefficient (Wildman–Crippen LogP) is 2.66. The van der Waals surface area contributed by atoms with Crippen LogP contribution >= 0.6 is 0 Å². The maximum absolute atomic E-state index is 11.2. The van der Waals surface area contributed by atoms with Crippen LogP contribution in [0.2, 0.25) is 0 Å². The molecule has 0 amide bonds. The molecule has 2 rings (SSSR count). The van der Waals surface area contributed by atoms with Gasteiger partial charge in [-0.15, -0.1) is 0 Å². The second-order valence-electron chi connectivity index (χ2n) is 4.37. The third-order valence-corrected chi connectivity index (χ3v) is 3.06. The molecule has 0 saturated carbocycles. The van der Waals surface area contributed by atoms with Gasteiger partial charge in [0.05, 0.1) is 5.56 Å². The van der Waals surface area contributed by atoms with Gasteiger partial charge in [-0.25, -0.2) is 4.79 Å². The van der Waals surface area contributed by atoms with Gasteiger partial charge in [-0.3, -0.25) is 16.1 Å². The van der Waals surface area contributed by atoms with Gasteiger partial charge >= 0.3 is 5.97 Å². The van der Waals surface area contributed by atoms with Crippen LogP contribution in [-0.4, -0.2) is 22.1 Å². The molecule has 0 aliphatic carbocycles. The molecule has 0 bridgehead atoms. The van der Waals surface area contributed by atoms with E-state index in [4.69, 9.17) is 10.6 Å². The summed E-state index contributed by atoms with van der Waals surface area (Å²) in [7, 11) is 0. The average Bonchev–Trinajstić information content (AvgIpc) is 2.47. The Bertz CT molecular complexity index is 666. The number of benzene rings is 2. The van der Waals surface area contributed by atoms with Crippen LogP contribution in [0.1, 0.15) is 21.5 Å². The monoisotopic (exact) mass is 270 g/mol. The largest absolute Gasteiger partial charge is 0.478 e. The van der Waals surface area contributed by atoms with E-state index >= 15 is 0 Å². The van der Waals surface area contributed by atoms with Crippen molar-refractivity contribution >= 4 is 11.8 Å². The summed E-state index contributed by atoms with van der Waals surface area (Å²) in [6, 6.07) is 12.6. The minimum atomic E-state index is -1.14. The summed E-state index contributed by atoms with van der Waals surface area (Å²) >= 11 is 0. The number of nitrogens with one attached hydrogen (secondary N) is 2. The van der Waals surface area contributed by atoms with E-state index < -0.39 is 5.97 Å². The summed E-state index contributed by atoms with van der Waals surface area (Å²) in [6.45, 7) is 1.81. The molecular formula is C15H14N2O3. The maximum Gasteiger partial charge on any atom is 0.336 e. The van der Waals surface area contributed by atoms with Crippen LogP contribution in [0.3, 0.4) is 0 Å². The molecule has 0 aromatic heterocycles.